The first-order valence-corrected chi connectivity index (χ1v) is 6.92. The van der Waals surface area contributed by atoms with Crippen LogP contribution < -0.4 is 0 Å². The van der Waals surface area contributed by atoms with Gasteiger partial charge in [-0.05, 0) is 11.8 Å². The number of carbonyl (C=O) groups excluding carboxylic acids is 1. The van der Waals surface area contributed by atoms with Gasteiger partial charge in [0.15, 0.2) is 3.79 Å². The molecule has 0 aliphatic rings. The summed E-state index contributed by atoms with van der Waals surface area (Å²) in [4.78, 5) is 11.7. The molecule has 6 heteroatoms. The lowest BCUT2D eigenvalue weighted by atomic mass is 9.73. The first-order valence-electron chi connectivity index (χ1n) is 5.34. The molecule has 0 radical (unpaired) electrons. The zero-order valence-corrected chi connectivity index (χ0v) is 13.4. The zero-order valence-electron chi connectivity index (χ0n) is 10.4. The van der Waals surface area contributed by atoms with Gasteiger partial charge in [-0.1, -0.05) is 55.6 Å². The van der Waals surface area contributed by atoms with Crippen LogP contribution >= 0.6 is 46.4 Å². The lowest BCUT2D eigenvalue weighted by molar-refractivity contribution is -0.150. The quantitative estimate of drug-likeness (QED) is 0.547. The molecule has 2 unspecified atom stereocenters. The minimum Gasteiger partial charge on any atom is -0.469 e. The van der Waals surface area contributed by atoms with Crippen LogP contribution in [-0.2, 0) is 9.53 Å². The molecule has 0 rings (SSSR count). The van der Waals surface area contributed by atoms with Gasteiger partial charge >= 0.3 is 5.97 Å². The molecular weight excluding hydrogens is 306 g/mol. The van der Waals surface area contributed by atoms with Crippen molar-refractivity contribution < 1.29 is 9.53 Å². The Bertz CT molecular complexity index is 261. The van der Waals surface area contributed by atoms with Crippen LogP contribution in [0.2, 0.25) is 0 Å². The summed E-state index contributed by atoms with van der Waals surface area (Å²) >= 11 is 23.4. The first-order chi connectivity index (χ1) is 7.56. The summed E-state index contributed by atoms with van der Waals surface area (Å²) in [6.07, 6.45) is 0.808. The van der Waals surface area contributed by atoms with Crippen LogP contribution in [0.1, 0.15) is 33.6 Å². The van der Waals surface area contributed by atoms with Gasteiger partial charge < -0.3 is 4.74 Å². The molecule has 0 aromatic heterocycles. The summed E-state index contributed by atoms with van der Waals surface area (Å²) in [5.41, 5.74) is -0.507. The second kappa shape index (κ2) is 6.70. The Kier molecular flexibility index (Phi) is 6.95. The Morgan fingerprint density at radius 2 is 1.76 bits per heavy atom. The monoisotopic (exact) mass is 322 g/mol. The highest BCUT2D eigenvalue weighted by atomic mass is 35.6. The van der Waals surface area contributed by atoms with Crippen molar-refractivity contribution in [2.24, 2.45) is 11.3 Å². The summed E-state index contributed by atoms with van der Waals surface area (Å²) in [6.45, 7) is 5.67. The third-order valence-electron chi connectivity index (χ3n) is 3.01. The number of carbonyl (C=O) groups is 1. The molecule has 2 atom stereocenters. The topological polar surface area (TPSA) is 26.3 Å². The second-order valence-electron chi connectivity index (χ2n) is 4.59. The fourth-order valence-corrected chi connectivity index (χ4v) is 2.91. The molecule has 0 saturated carbocycles. The number of alkyl halides is 4. The average Bonchev–Trinajstić information content (AvgIpc) is 2.15. The van der Waals surface area contributed by atoms with Crippen molar-refractivity contribution in [3.8, 4) is 0 Å². The summed E-state index contributed by atoms with van der Waals surface area (Å²) in [7, 11) is 1.36. The lowest BCUT2D eigenvalue weighted by Gasteiger charge is -2.37. The van der Waals surface area contributed by atoms with Gasteiger partial charge in [0.25, 0.3) is 0 Å². The van der Waals surface area contributed by atoms with E-state index in [1.807, 2.05) is 20.8 Å². The highest BCUT2D eigenvalue weighted by molar-refractivity contribution is 6.67. The summed E-state index contributed by atoms with van der Waals surface area (Å²) in [6, 6.07) is 0. The van der Waals surface area contributed by atoms with E-state index >= 15 is 0 Å². The summed E-state index contributed by atoms with van der Waals surface area (Å²) < 4.78 is 3.35. The van der Waals surface area contributed by atoms with Crippen LogP contribution in [0.4, 0.5) is 0 Å². The fraction of sp³-hybridized carbons (Fsp3) is 0.909. The fourth-order valence-electron chi connectivity index (χ4n) is 1.82. The smallest absolute Gasteiger partial charge is 0.309 e. The van der Waals surface area contributed by atoms with Crippen molar-refractivity contribution in [3.63, 3.8) is 0 Å². The van der Waals surface area contributed by atoms with Gasteiger partial charge in [-0.15, -0.1) is 11.6 Å². The van der Waals surface area contributed by atoms with E-state index in [4.69, 9.17) is 51.1 Å². The Labute approximate surface area is 123 Å². The second-order valence-corrected chi connectivity index (χ2v) is 7.64. The SMILES string of the molecule is CCC(C(=O)OC)C(C)(C)C(Cl)CC(Cl)(Cl)Cl. The van der Waals surface area contributed by atoms with Crippen molar-refractivity contribution in [2.75, 3.05) is 7.11 Å². The number of hydrogen-bond acceptors (Lipinski definition) is 2. The van der Waals surface area contributed by atoms with Gasteiger partial charge in [0.1, 0.15) is 0 Å². The maximum absolute atomic E-state index is 11.7. The molecule has 0 aromatic rings. The van der Waals surface area contributed by atoms with Gasteiger partial charge in [-0.3, -0.25) is 4.79 Å². The van der Waals surface area contributed by atoms with E-state index in [-0.39, 0.29) is 18.3 Å². The van der Waals surface area contributed by atoms with Crippen LogP contribution in [0.25, 0.3) is 0 Å². The minimum absolute atomic E-state index is 0.180. The van der Waals surface area contributed by atoms with Gasteiger partial charge in [0.05, 0.1) is 13.0 Å². The Hall–Kier alpha value is 0.630. The molecule has 2 nitrogen and oxygen atoms in total. The number of rotatable bonds is 5. The Morgan fingerprint density at radius 1 is 1.29 bits per heavy atom. The zero-order chi connectivity index (χ0) is 13.9. The normalized spacial score (nSPS) is 16.5. The van der Waals surface area contributed by atoms with E-state index in [9.17, 15) is 4.79 Å². The number of ether oxygens (including phenoxy) is 1. The lowest BCUT2D eigenvalue weighted by Crippen LogP contribution is -2.40. The van der Waals surface area contributed by atoms with E-state index in [0.29, 0.717) is 6.42 Å². The van der Waals surface area contributed by atoms with Crippen molar-refractivity contribution in [1.82, 2.24) is 0 Å². The first kappa shape index (κ1) is 17.6. The predicted octanol–water partition coefficient (Wildman–Crippen LogP) is 4.58. The highest BCUT2D eigenvalue weighted by Gasteiger charge is 2.42. The molecule has 0 heterocycles. The van der Waals surface area contributed by atoms with Crippen molar-refractivity contribution in [2.45, 2.75) is 42.8 Å². The van der Waals surface area contributed by atoms with E-state index in [0.717, 1.165) is 0 Å². The molecule has 0 N–H and O–H groups in total. The molecule has 0 amide bonds. The Morgan fingerprint density at radius 3 is 2.06 bits per heavy atom. The van der Waals surface area contributed by atoms with Crippen LogP contribution in [0, 0.1) is 11.3 Å². The van der Waals surface area contributed by atoms with Crippen molar-refractivity contribution >= 4 is 52.4 Å². The van der Waals surface area contributed by atoms with Gasteiger partial charge in [0, 0.05) is 11.8 Å². The van der Waals surface area contributed by atoms with Gasteiger partial charge in [0.2, 0.25) is 0 Å². The number of hydrogen-bond donors (Lipinski definition) is 0. The van der Waals surface area contributed by atoms with Crippen LogP contribution in [0.5, 0.6) is 0 Å². The van der Waals surface area contributed by atoms with Gasteiger partial charge in [-0.25, -0.2) is 0 Å². The number of halogens is 4. The van der Waals surface area contributed by atoms with Crippen LogP contribution in [0.15, 0.2) is 0 Å². The van der Waals surface area contributed by atoms with Gasteiger partial charge in [-0.2, -0.15) is 0 Å². The third-order valence-corrected chi connectivity index (χ3v) is 4.19. The summed E-state index contributed by atoms with van der Waals surface area (Å²) in [5, 5.41) is -0.431. The van der Waals surface area contributed by atoms with E-state index in [1.54, 1.807) is 0 Å². The summed E-state index contributed by atoms with van der Waals surface area (Å²) in [5.74, 6) is -0.602. The molecule has 0 aliphatic carbocycles. The molecule has 0 aliphatic heterocycles. The molecule has 0 bridgehead atoms. The molecule has 102 valence electrons. The van der Waals surface area contributed by atoms with E-state index in [2.05, 4.69) is 0 Å². The van der Waals surface area contributed by atoms with E-state index in [1.165, 1.54) is 7.11 Å². The molecule has 0 fully saturated rings. The Balaban J connectivity index is 4.89. The molecular formula is C11H18Cl4O2. The van der Waals surface area contributed by atoms with Crippen LogP contribution in [0.3, 0.4) is 0 Å². The molecule has 0 saturated heterocycles. The number of esters is 1. The minimum atomic E-state index is -1.42. The standard InChI is InChI=1S/C11H18Cl4O2/c1-5-7(9(16)17-4)10(2,3)8(12)6-11(13,14)15/h7-8H,5-6H2,1-4H3. The number of methoxy groups -OCH3 is 1. The predicted molar refractivity (Wildman–Crippen MR) is 74.1 cm³/mol. The molecule has 0 aromatic carbocycles. The van der Waals surface area contributed by atoms with Crippen molar-refractivity contribution in [1.29, 1.82) is 0 Å². The largest absolute Gasteiger partial charge is 0.469 e. The van der Waals surface area contributed by atoms with Crippen LogP contribution in [-0.4, -0.2) is 22.2 Å². The maximum Gasteiger partial charge on any atom is 0.309 e. The van der Waals surface area contributed by atoms with Crippen molar-refractivity contribution in [3.05, 3.63) is 0 Å². The maximum atomic E-state index is 11.7. The van der Waals surface area contributed by atoms with E-state index < -0.39 is 14.6 Å². The third kappa shape index (κ3) is 5.42. The molecule has 0 spiro atoms. The molecule has 17 heavy (non-hydrogen) atoms. The highest BCUT2D eigenvalue weighted by Crippen LogP contribution is 2.44. The average molecular weight is 324 g/mol.